The molecule has 4 rings (SSSR count). The highest BCUT2D eigenvalue weighted by atomic mass is 35.5. The third-order valence-electron chi connectivity index (χ3n) is 4.54. The molecule has 1 amide bonds. The van der Waals surface area contributed by atoms with Gasteiger partial charge in [-0.3, -0.25) is 9.69 Å². The van der Waals surface area contributed by atoms with E-state index in [0.717, 1.165) is 36.9 Å². The molecule has 0 saturated heterocycles. The van der Waals surface area contributed by atoms with Crippen LogP contribution in [0.1, 0.15) is 24.1 Å². The number of ether oxygens (including phenoxy) is 1. The lowest BCUT2D eigenvalue weighted by Gasteiger charge is -2.28. The number of terminal acetylenes is 1. The number of rotatable bonds is 2. The number of aromatic nitrogens is 2. The topological polar surface area (TPSA) is 47.4 Å². The third-order valence-corrected chi connectivity index (χ3v) is 4.93. The zero-order chi connectivity index (χ0) is 17.6. The monoisotopic (exact) mass is 359 g/mol. The van der Waals surface area contributed by atoms with Crippen LogP contribution in [0, 0.1) is 18.2 Å². The van der Waals surface area contributed by atoms with Crippen molar-refractivity contribution in [3.05, 3.63) is 34.4 Å². The molecule has 128 valence electrons. The van der Waals surface area contributed by atoms with Gasteiger partial charge in [0.1, 0.15) is 16.6 Å². The second kappa shape index (κ2) is 6.08. The van der Waals surface area contributed by atoms with Crippen LogP contribution < -0.4 is 9.64 Å². The van der Waals surface area contributed by atoms with Gasteiger partial charge in [-0.05, 0) is 31.7 Å². The second-order valence-electron chi connectivity index (χ2n) is 6.08. The molecule has 1 aliphatic carbocycles. The van der Waals surface area contributed by atoms with Gasteiger partial charge in [0, 0.05) is 11.6 Å². The van der Waals surface area contributed by atoms with E-state index in [1.807, 2.05) is 0 Å². The molecule has 0 radical (unpaired) electrons. The summed E-state index contributed by atoms with van der Waals surface area (Å²) in [6.07, 6.45) is 9.11. The molecule has 7 heteroatoms. The molecule has 0 unspecified atom stereocenters. The molecule has 0 N–H and O–H groups in total. The number of anilines is 1. The third kappa shape index (κ3) is 2.56. The first-order valence-corrected chi connectivity index (χ1v) is 8.44. The summed E-state index contributed by atoms with van der Waals surface area (Å²) in [6, 6.07) is 2.76. The maximum Gasteiger partial charge on any atom is 0.265 e. The van der Waals surface area contributed by atoms with Gasteiger partial charge in [0.05, 0.1) is 17.9 Å². The molecule has 25 heavy (non-hydrogen) atoms. The number of amides is 1. The first-order chi connectivity index (χ1) is 12.1. The van der Waals surface area contributed by atoms with Gasteiger partial charge in [0.2, 0.25) is 0 Å². The lowest BCUT2D eigenvalue weighted by atomic mass is 9.99. The normalized spacial score (nSPS) is 16.0. The van der Waals surface area contributed by atoms with E-state index in [2.05, 4.69) is 11.0 Å². The van der Waals surface area contributed by atoms with Crippen molar-refractivity contribution in [3.8, 4) is 23.8 Å². The quantitative estimate of drug-likeness (QED) is 0.775. The van der Waals surface area contributed by atoms with Crippen molar-refractivity contribution >= 4 is 23.2 Å². The van der Waals surface area contributed by atoms with E-state index in [1.165, 1.54) is 21.7 Å². The molecule has 0 spiro atoms. The van der Waals surface area contributed by atoms with Crippen molar-refractivity contribution in [3.63, 3.8) is 0 Å². The van der Waals surface area contributed by atoms with Crippen LogP contribution in [0.15, 0.2) is 12.1 Å². The van der Waals surface area contributed by atoms with Gasteiger partial charge in [-0.1, -0.05) is 17.5 Å². The number of aryl methyl sites for hydroxylation is 1. The summed E-state index contributed by atoms with van der Waals surface area (Å²) in [6.45, 7) is -0.0755. The minimum absolute atomic E-state index is 0.0869. The number of carbonyl (C=O) groups excluding carboxylic acids is 1. The van der Waals surface area contributed by atoms with Crippen molar-refractivity contribution in [2.24, 2.45) is 0 Å². The van der Waals surface area contributed by atoms with Crippen molar-refractivity contribution in [1.82, 2.24) is 9.78 Å². The number of hydrogen-bond donors (Lipinski definition) is 0. The molecule has 5 nitrogen and oxygen atoms in total. The Morgan fingerprint density at radius 1 is 1.32 bits per heavy atom. The zero-order valence-electron chi connectivity index (χ0n) is 13.4. The lowest BCUT2D eigenvalue weighted by Crippen LogP contribution is -2.39. The summed E-state index contributed by atoms with van der Waals surface area (Å²) < 4.78 is 21.4. The van der Waals surface area contributed by atoms with Crippen molar-refractivity contribution < 1.29 is 13.9 Å². The van der Waals surface area contributed by atoms with Crippen LogP contribution in [0.2, 0.25) is 5.15 Å². The van der Waals surface area contributed by atoms with Crippen molar-refractivity contribution in [1.29, 1.82) is 0 Å². The van der Waals surface area contributed by atoms with Crippen molar-refractivity contribution in [2.75, 3.05) is 18.1 Å². The van der Waals surface area contributed by atoms with Crippen molar-refractivity contribution in [2.45, 2.75) is 25.7 Å². The van der Waals surface area contributed by atoms with Gasteiger partial charge in [-0.15, -0.1) is 6.42 Å². The highest BCUT2D eigenvalue weighted by molar-refractivity contribution is 6.30. The maximum absolute atomic E-state index is 14.7. The fourth-order valence-corrected chi connectivity index (χ4v) is 3.64. The minimum Gasteiger partial charge on any atom is -0.481 e. The van der Waals surface area contributed by atoms with Crippen LogP contribution in [-0.2, 0) is 17.6 Å². The SMILES string of the molecule is C#CCN1C(=O)COc2cc(F)c(-n3nc4c(c3Cl)CCCC4)cc21. The molecular formula is C18H15ClFN3O2. The number of halogens is 2. The van der Waals surface area contributed by atoms with E-state index in [-0.39, 0.29) is 30.5 Å². The standard InChI is InChI=1S/C18H15ClFN3O2/c1-2-7-22-15-9-14(12(20)8-16(15)25-10-17(22)24)23-18(19)11-5-3-4-6-13(11)21-23/h1,8-9H,3-7,10H2. The number of fused-ring (bicyclic) bond motifs is 2. The number of benzene rings is 1. The highest BCUT2D eigenvalue weighted by Gasteiger charge is 2.28. The Hall–Kier alpha value is -2.52. The predicted molar refractivity (Wildman–Crippen MR) is 91.9 cm³/mol. The smallest absolute Gasteiger partial charge is 0.265 e. The molecule has 0 saturated carbocycles. The summed E-state index contributed by atoms with van der Waals surface area (Å²) in [4.78, 5) is 13.5. The molecule has 2 aromatic rings. The fourth-order valence-electron chi connectivity index (χ4n) is 3.31. The van der Waals surface area contributed by atoms with Crippen LogP contribution >= 0.6 is 11.6 Å². The largest absolute Gasteiger partial charge is 0.481 e. The van der Waals surface area contributed by atoms with Gasteiger partial charge >= 0.3 is 0 Å². The Morgan fingerprint density at radius 3 is 2.88 bits per heavy atom. The van der Waals surface area contributed by atoms with E-state index in [0.29, 0.717) is 10.8 Å². The zero-order valence-corrected chi connectivity index (χ0v) is 14.1. The molecule has 2 heterocycles. The van der Waals surface area contributed by atoms with Crippen LogP contribution in [0.4, 0.5) is 10.1 Å². The summed E-state index contributed by atoms with van der Waals surface area (Å²) >= 11 is 6.45. The summed E-state index contributed by atoms with van der Waals surface area (Å²) in [7, 11) is 0. The predicted octanol–water partition coefficient (Wildman–Crippen LogP) is 2.90. The summed E-state index contributed by atoms with van der Waals surface area (Å²) in [5.41, 5.74) is 2.48. The fraction of sp³-hybridized carbons (Fsp3) is 0.333. The van der Waals surface area contributed by atoms with Crippen LogP contribution in [0.3, 0.4) is 0 Å². The Bertz CT molecular complexity index is 916. The molecule has 1 aliphatic heterocycles. The molecule has 0 fully saturated rings. The van der Waals surface area contributed by atoms with E-state index in [1.54, 1.807) is 0 Å². The first kappa shape index (κ1) is 16.0. The Labute approximate surface area is 149 Å². The van der Waals surface area contributed by atoms with E-state index in [9.17, 15) is 9.18 Å². The Balaban J connectivity index is 1.86. The van der Waals surface area contributed by atoms with Gasteiger partial charge in [0.15, 0.2) is 12.4 Å². The van der Waals surface area contributed by atoms with Gasteiger partial charge in [-0.2, -0.15) is 5.10 Å². The molecule has 2 aliphatic rings. The summed E-state index contributed by atoms with van der Waals surface area (Å²) in [5.74, 6) is 1.94. The first-order valence-electron chi connectivity index (χ1n) is 8.07. The number of carbonyl (C=O) groups is 1. The van der Waals surface area contributed by atoms with Gasteiger partial charge in [-0.25, -0.2) is 9.07 Å². The van der Waals surface area contributed by atoms with Gasteiger partial charge in [0.25, 0.3) is 5.91 Å². The van der Waals surface area contributed by atoms with E-state index in [4.69, 9.17) is 22.8 Å². The molecule has 1 aromatic carbocycles. The molecule has 1 aromatic heterocycles. The maximum atomic E-state index is 14.7. The molecule has 0 bridgehead atoms. The minimum atomic E-state index is -0.518. The Morgan fingerprint density at radius 2 is 2.12 bits per heavy atom. The average Bonchev–Trinajstić information content (AvgIpc) is 2.94. The van der Waals surface area contributed by atoms with Gasteiger partial charge < -0.3 is 4.74 Å². The van der Waals surface area contributed by atoms with E-state index >= 15 is 0 Å². The highest BCUT2D eigenvalue weighted by Crippen LogP contribution is 2.37. The number of nitrogens with zero attached hydrogens (tertiary/aromatic N) is 3. The van der Waals surface area contributed by atoms with Crippen LogP contribution in [0.5, 0.6) is 5.75 Å². The second-order valence-corrected chi connectivity index (χ2v) is 6.44. The summed E-state index contributed by atoms with van der Waals surface area (Å²) in [5, 5.41) is 4.90. The lowest BCUT2D eigenvalue weighted by molar-refractivity contribution is -0.121. The Kier molecular flexibility index (Phi) is 3.89. The van der Waals surface area contributed by atoms with E-state index < -0.39 is 5.82 Å². The van der Waals surface area contributed by atoms with Crippen LogP contribution in [-0.4, -0.2) is 28.8 Å². The molecule has 0 atom stereocenters. The molecular weight excluding hydrogens is 345 g/mol. The number of hydrogen-bond acceptors (Lipinski definition) is 3. The average molecular weight is 360 g/mol. The van der Waals surface area contributed by atoms with Crippen LogP contribution in [0.25, 0.3) is 5.69 Å².